The highest BCUT2D eigenvalue weighted by atomic mass is 19.1. The molecule has 1 aromatic carbocycles. The molecule has 0 aliphatic heterocycles. The first-order chi connectivity index (χ1) is 9.60. The van der Waals surface area contributed by atoms with Crippen molar-refractivity contribution in [3.63, 3.8) is 0 Å². The predicted molar refractivity (Wildman–Crippen MR) is 70.8 cm³/mol. The van der Waals surface area contributed by atoms with E-state index in [0.717, 1.165) is 19.2 Å². The number of oxazole rings is 1. The van der Waals surface area contributed by atoms with E-state index >= 15 is 0 Å². The van der Waals surface area contributed by atoms with E-state index in [-0.39, 0.29) is 5.69 Å². The van der Waals surface area contributed by atoms with Crippen molar-refractivity contribution < 1.29 is 13.7 Å². The Labute approximate surface area is 114 Å². The Morgan fingerprint density at radius 1 is 1.45 bits per heavy atom. The van der Waals surface area contributed by atoms with E-state index in [4.69, 9.17) is 4.42 Å². The molecule has 0 saturated carbocycles. The molecule has 0 amide bonds. The summed E-state index contributed by atoms with van der Waals surface area (Å²) in [6, 6.07) is 3.31. The Morgan fingerprint density at radius 2 is 2.25 bits per heavy atom. The summed E-state index contributed by atoms with van der Waals surface area (Å²) in [7, 11) is 0. The van der Waals surface area contributed by atoms with Crippen LogP contribution < -0.4 is 5.32 Å². The van der Waals surface area contributed by atoms with Crippen LogP contribution in [-0.4, -0.2) is 23.0 Å². The number of benzene rings is 1. The highest BCUT2D eigenvalue weighted by Gasteiger charge is 2.14. The number of nitrogens with zero attached hydrogens (tertiary/aromatic N) is 2. The fourth-order valence-corrected chi connectivity index (χ4v) is 1.75. The van der Waals surface area contributed by atoms with Gasteiger partial charge in [0.15, 0.2) is 11.7 Å². The van der Waals surface area contributed by atoms with E-state index in [1.54, 1.807) is 0 Å². The molecule has 106 valence electrons. The highest BCUT2D eigenvalue weighted by Crippen LogP contribution is 2.26. The lowest BCUT2D eigenvalue weighted by molar-refractivity contribution is -0.385. The average Bonchev–Trinajstić information content (AvgIpc) is 2.87. The van der Waals surface area contributed by atoms with Crippen LogP contribution in [0.2, 0.25) is 0 Å². The van der Waals surface area contributed by atoms with Crippen molar-refractivity contribution in [2.45, 2.75) is 13.3 Å². The van der Waals surface area contributed by atoms with Crippen molar-refractivity contribution in [3.8, 4) is 11.3 Å². The molecule has 1 heterocycles. The quantitative estimate of drug-likeness (QED) is 0.499. The zero-order valence-corrected chi connectivity index (χ0v) is 10.9. The van der Waals surface area contributed by atoms with Crippen molar-refractivity contribution in [2.75, 3.05) is 13.1 Å². The number of hydrogen-bond acceptors (Lipinski definition) is 5. The van der Waals surface area contributed by atoms with Gasteiger partial charge in [0.25, 0.3) is 5.69 Å². The summed E-state index contributed by atoms with van der Waals surface area (Å²) < 4.78 is 18.8. The van der Waals surface area contributed by atoms with Crippen LogP contribution in [0.4, 0.5) is 10.1 Å². The number of likely N-dealkylation sites (N-methyl/N-ethyl adjacent to an activating group) is 1. The molecule has 20 heavy (non-hydrogen) atoms. The lowest BCUT2D eigenvalue weighted by atomic mass is 10.1. The molecule has 2 aromatic rings. The second kappa shape index (κ2) is 6.25. The number of hydrogen-bond donors (Lipinski definition) is 1. The molecule has 0 aliphatic rings. The number of nitrogens with one attached hydrogen (secondary N) is 1. The third-order valence-electron chi connectivity index (χ3n) is 2.70. The molecule has 6 nitrogen and oxygen atoms in total. The first-order valence-corrected chi connectivity index (χ1v) is 6.21. The number of nitro benzene ring substituents is 1. The maximum atomic E-state index is 13.4. The molecule has 0 aliphatic carbocycles. The number of non-ortho nitro benzene ring substituents is 1. The number of rotatable bonds is 6. The van der Waals surface area contributed by atoms with Gasteiger partial charge in [0, 0.05) is 24.6 Å². The minimum Gasteiger partial charge on any atom is -0.441 e. The fraction of sp³-hybridized carbons (Fsp3) is 0.308. The Morgan fingerprint density at radius 3 is 2.95 bits per heavy atom. The maximum absolute atomic E-state index is 13.4. The molecular formula is C13H14FN3O3. The summed E-state index contributed by atoms with van der Waals surface area (Å²) in [4.78, 5) is 14.1. The lowest BCUT2D eigenvalue weighted by Gasteiger charge is -1.99. The van der Waals surface area contributed by atoms with Crippen molar-refractivity contribution in [1.29, 1.82) is 0 Å². The molecular weight excluding hydrogens is 265 g/mol. The van der Waals surface area contributed by atoms with Gasteiger partial charge in [-0.1, -0.05) is 6.92 Å². The van der Waals surface area contributed by atoms with E-state index in [1.165, 1.54) is 18.3 Å². The summed E-state index contributed by atoms with van der Waals surface area (Å²) in [5.41, 5.74) is -0.00972. The normalized spacial score (nSPS) is 10.7. The van der Waals surface area contributed by atoms with Crippen molar-refractivity contribution >= 4 is 5.69 Å². The SMILES string of the molecule is CCNCCc1ncc(-c2cc(F)cc([N+](=O)[O-])c2)o1. The predicted octanol–water partition coefficient (Wildman–Crippen LogP) is 2.54. The summed E-state index contributed by atoms with van der Waals surface area (Å²) in [6.45, 7) is 3.57. The van der Waals surface area contributed by atoms with Gasteiger partial charge in [-0.25, -0.2) is 9.37 Å². The van der Waals surface area contributed by atoms with Gasteiger partial charge in [0.2, 0.25) is 0 Å². The summed E-state index contributed by atoms with van der Waals surface area (Å²) >= 11 is 0. The molecule has 7 heteroatoms. The molecule has 2 rings (SSSR count). The van der Waals surface area contributed by atoms with Gasteiger partial charge in [0.1, 0.15) is 5.82 Å². The Kier molecular flexibility index (Phi) is 4.41. The molecule has 0 bridgehead atoms. The third kappa shape index (κ3) is 3.39. The smallest absolute Gasteiger partial charge is 0.273 e. The topological polar surface area (TPSA) is 81.2 Å². The number of aromatic nitrogens is 1. The van der Waals surface area contributed by atoms with Crippen LogP contribution in [0.1, 0.15) is 12.8 Å². The molecule has 0 radical (unpaired) electrons. The zero-order valence-electron chi connectivity index (χ0n) is 10.9. The number of nitro groups is 1. The Bertz CT molecular complexity index is 613. The van der Waals surface area contributed by atoms with Crippen LogP contribution in [0.3, 0.4) is 0 Å². The highest BCUT2D eigenvalue weighted by molar-refractivity contribution is 5.60. The monoisotopic (exact) mass is 279 g/mol. The van der Waals surface area contributed by atoms with Crippen LogP contribution in [0, 0.1) is 15.9 Å². The third-order valence-corrected chi connectivity index (χ3v) is 2.70. The summed E-state index contributed by atoms with van der Waals surface area (Å²) in [5.74, 6) is 0.145. The molecule has 1 aromatic heterocycles. The van der Waals surface area contributed by atoms with Crippen molar-refractivity contribution in [1.82, 2.24) is 10.3 Å². The molecule has 0 saturated heterocycles. The van der Waals surface area contributed by atoms with Gasteiger partial charge in [0.05, 0.1) is 17.2 Å². The fourth-order valence-electron chi connectivity index (χ4n) is 1.75. The second-order valence-corrected chi connectivity index (χ2v) is 4.18. The van der Waals surface area contributed by atoms with Crippen molar-refractivity contribution in [3.05, 3.63) is 46.2 Å². The van der Waals surface area contributed by atoms with Gasteiger partial charge in [-0.15, -0.1) is 0 Å². The van der Waals surface area contributed by atoms with Crippen molar-refractivity contribution in [2.24, 2.45) is 0 Å². The molecule has 0 spiro atoms. The van der Waals surface area contributed by atoms with Crippen LogP contribution in [0.25, 0.3) is 11.3 Å². The minimum absolute atomic E-state index is 0.305. The van der Waals surface area contributed by atoms with E-state index in [0.29, 0.717) is 23.6 Å². The van der Waals surface area contributed by atoms with Gasteiger partial charge in [-0.05, 0) is 12.6 Å². The van der Waals surface area contributed by atoms with Crippen LogP contribution in [0.5, 0.6) is 0 Å². The minimum atomic E-state index is -0.681. The first-order valence-electron chi connectivity index (χ1n) is 6.21. The number of halogens is 1. The summed E-state index contributed by atoms with van der Waals surface area (Å²) in [5, 5.41) is 13.8. The molecule has 0 unspecified atom stereocenters. The van der Waals surface area contributed by atoms with Gasteiger partial charge in [-0.2, -0.15) is 0 Å². The maximum Gasteiger partial charge on any atom is 0.273 e. The van der Waals surface area contributed by atoms with Gasteiger partial charge < -0.3 is 9.73 Å². The van der Waals surface area contributed by atoms with E-state index in [2.05, 4.69) is 10.3 Å². The first kappa shape index (κ1) is 14.1. The van der Waals surface area contributed by atoms with Gasteiger partial charge >= 0.3 is 0 Å². The lowest BCUT2D eigenvalue weighted by Crippen LogP contribution is -2.16. The second-order valence-electron chi connectivity index (χ2n) is 4.18. The largest absolute Gasteiger partial charge is 0.441 e. The summed E-state index contributed by atoms with van der Waals surface area (Å²) in [6.07, 6.45) is 2.05. The molecule has 0 atom stereocenters. The van der Waals surface area contributed by atoms with Crippen LogP contribution in [-0.2, 0) is 6.42 Å². The van der Waals surface area contributed by atoms with E-state index in [9.17, 15) is 14.5 Å². The Balaban J connectivity index is 2.21. The van der Waals surface area contributed by atoms with Crippen LogP contribution in [0.15, 0.2) is 28.8 Å². The molecule has 0 fully saturated rings. The molecule has 1 N–H and O–H groups in total. The van der Waals surface area contributed by atoms with Crippen LogP contribution >= 0.6 is 0 Å². The Hall–Kier alpha value is -2.28. The van der Waals surface area contributed by atoms with E-state index in [1.807, 2.05) is 6.92 Å². The average molecular weight is 279 g/mol. The van der Waals surface area contributed by atoms with E-state index < -0.39 is 10.7 Å². The zero-order chi connectivity index (χ0) is 14.5. The van der Waals surface area contributed by atoms with Gasteiger partial charge in [-0.3, -0.25) is 10.1 Å². The standard InChI is InChI=1S/C13H14FN3O3/c1-2-15-4-3-13-16-8-12(20-13)9-5-10(14)7-11(6-9)17(18)19/h5-8,15H,2-4H2,1H3.